The molecule has 0 aromatic heterocycles. The fourth-order valence-electron chi connectivity index (χ4n) is 7.63. The first-order valence-corrected chi connectivity index (χ1v) is 17.2. The van der Waals surface area contributed by atoms with Crippen molar-refractivity contribution in [3.05, 3.63) is 215 Å². The fraction of sp³-hybridized carbons (Fsp3) is 0.106. The first-order chi connectivity index (χ1) is 23.8. The third-order valence-electron chi connectivity index (χ3n) is 9.89. The molecule has 2 atom stereocenters. The largest absolute Gasteiger partial charge is 0.338 e. The molecule has 2 unspecified atom stereocenters. The van der Waals surface area contributed by atoms with Gasteiger partial charge in [0.2, 0.25) is 0 Å². The molecule has 1 saturated carbocycles. The molecule has 0 amide bonds. The van der Waals surface area contributed by atoms with Crippen molar-refractivity contribution in [1.82, 2.24) is 0 Å². The Hall–Kier alpha value is -5.66. The SMILES string of the molecule is C(/C=C/c1ccc(N2c3ccc(C=C(c4ccccc4)c4ccccc4)cc3C3CCCC32)cc1)=C(c1ccccc1)c1ccccc1. The van der Waals surface area contributed by atoms with Crippen molar-refractivity contribution in [2.24, 2.45) is 0 Å². The zero-order chi connectivity index (χ0) is 32.1. The van der Waals surface area contributed by atoms with Gasteiger partial charge in [-0.05, 0) is 93.3 Å². The highest BCUT2D eigenvalue weighted by Crippen LogP contribution is 2.52. The van der Waals surface area contributed by atoms with E-state index in [4.69, 9.17) is 0 Å². The molecule has 2 aliphatic rings. The molecular weight excluding hydrogens is 579 g/mol. The van der Waals surface area contributed by atoms with Gasteiger partial charge in [-0.15, -0.1) is 0 Å². The van der Waals surface area contributed by atoms with E-state index in [1.807, 2.05) is 0 Å². The molecule has 1 heteroatoms. The maximum absolute atomic E-state index is 2.62. The third kappa shape index (κ3) is 6.08. The average Bonchev–Trinajstić information content (AvgIpc) is 3.75. The van der Waals surface area contributed by atoms with Crippen molar-refractivity contribution in [2.75, 3.05) is 4.90 Å². The average molecular weight is 618 g/mol. The van der Waals surface area contributed by atoms with Crippen LogP contribution in [0.25, 0.3) is 23.3 Å². The molecule has 0 bridgehead atoms. The highest BCUT2D eigenvalue weighted by Gasteiger charge is 2.42. The van der Waals surface area contributed by atoms with Crippen LogP contribution < -0.4 is 4.90 Å². The van der Waals surface area contributed by atoms with Crippen molar-refractivity contribution < 1.29 is 0 Å². The Morgan fingerprint density at radius 2 is 1.04 bits per heavy atom. The Kier molecular flexibility index (Phi) is 8.42. The number of allylic oxidation sites excluding steroid dienone is 2. The number of fused-ring (bicyclic) bond motifs is 3. The monoisotopic (exact) mass is 617 g/mol. The van der Waals surface area contributed by atoms with Crippen LogP contribution in [0.4, 0.5) is 11.4 Å². The first kappa shape index (κ1) is 29.7. The molecule has 1 heterocycles. The van der Waals surface area contributed by atoms with E-state index in [1.54, 1.807) is 0 Å². The lowest BCUT2D eigenvalue weighted by atomic mass is 9.93. The molecule has 1 aliphatic heterocycles. The summed E-state index contributed by atoms with van der Waals surface area (Å²) in [6.07, 6.45) is 12.8. The van der Waals surface area contributed by atoms with Gasteiger partial charge in [0, 0.05) is 23.3 Å². The van der Waals surface area contributed by atoms with Gasteiger partial charge in [0.25, 0.3) is 0 Å². The smallest absolute Gasteiger partial charge is 0.0450 e. The molecule has 232 valence electrons. The highest BCUT2D eigenvalue weighted by atomic mass is 15.2. The molecule has 48 heavy (non-hydrogen) atoms. The predicted octanol–water partition coefficient (Wildman–Crippen LogP) is 12.2. The minimum Gasteiger partial charge on any atom is -0.338 e. The van der Waals surface area contributed by atoms with E-state index in [2.05, 4.69) is 193 Å². The van der Waals surface area contributed by atoms with Gasteiger partial charge in [-0.1, -0.05) is 164 Å². The fourth-order valence-corrected chi connectivity index (χ4v) is 7.63. The van der Waals surface area contributed by atoms with E-state index in [-0.39, 0.29) is 0 Å². The lowest BCUT2D eigenvalue weighted by molar-refractivity contribution is 0.642. The minimum absolute atomic E-state index is 0.519. The zero-order valence-corrected chi connectivity index (χ0v) is 27.1. The van der Waals surface area contributed by atoms with E-state index in [0.29, 0.717) is 12.0 Å². The standard InChI is InChI=1S/C47H39N/c1-5-16-37(17-6-1)42(38-18-7-2-8-19-38)24-13-15-35-27-30-41(31-28-35)48-46-26-14-25-43(46)45-34-36(29-32-47(45)48)33-44(39-20-9-3-10-21-39)40-22-11-4-12-23-40/h1-13,15-24,27-34,43,46H,14,25-26H2/b15-13+. The van der Waals surface area contributed by atoms with Crippen molar-refractivity contribution >= 4 is 34.7 Å². The molecule has 0 spiro atoms. The Morgan fingerprint density at radius 3 is 1.60 bits per heavy atom. The number of hydrogen-bond donors (Lipinski definition) is 0. The van der Waals surface area contributed by atoms with Crippen LogP contribution in [0, 0.1) is 0 Å². The van der Waals surface area contributed by atoms with Gasteiger partial charge < -0.3 is 4.90 Å². The molecule has 0 N–H and O–H groups in total. The van der Waals surface area contributed by atoms with E-state index >= 15 is 0 Å². The molecule has 0 radical (unpaired) electrons. The van der Waals surface area contributed by atoms with Crippen LogP contribution in [0.2, 0.25) is 0 Å². The molecule has 0 saturated heterocycles. The van der Waals surface area contributed by atoms with Gasteiger partial charge in [0.05, 0.1) is 0 Å². The van der Waals surface area contributed by atoms with Gasteiger partial charge in [0.1, 0.15) is 0 Å². The van der Waals surface area contributed by atoms with E-state index in [9.17, 15) is 0 Å². The van der Waals surface area contributed by atoms with Crippen LogP contribution in [-0.2, 0) is 0 Å². The van der Waals surface area contributed by atoms with Crippen LogP contribution in [0.5, 0.6) is 0 Å². The number of anilines is 2. The Labute approximate surface area is 284 Å². The quantitative estimate of drug-likeness (QED) is 0.121. The van der Waals surface area contributed by atoms with Crippen molar-refractivity contribution in [3.63, 3.8) is 0 Å². The summed E-state index contributed by atoms with van der Waals surface area (Å²) in [5.74, 6) is 0.573. The van der Waals surface area contributed by atoms with Crippen LogP contribution in [0.15, 0.2) is 176 Å². The van der Waals surface area contributed by atoms with E-state index in [1.165, 1.54) is 80.7 Å². The van der Waals surface area contributed by atoms with Gasteiger partial charge in [0.15, 0.2) is 0 Å². The molecule has 6 aromatic carbocycles. The maximum Gasteiger partial charge on any atom is 0.0450 e. The predicted molar refractivity (Wildman–Crippen MR) is 204 cm³/mol. The summed E-state index contributed by atoms with van der Waals surface area (Å²) >= 11 is 0. The second kappa shape index (κ2) is 13.6. The normalized spacial score (nSPS) is 16.4. The van der Waals surface area contributed by atoms with Crippen LogP contribution >= 0.6 is 0 Å². The summed E-state index contributed by atoms with van der Waals surface area (Å²) in [4.78, 5) is 2.62. The van der Waals surface area contributed by atoms with Gasteiger partial charge in [-0.3, -0.25) is 0 Å². The Bertz CT molecular complexity index is 1990. The second-order valence-electron chi connectivity index (χ2n) is 12.8. The van der Waals surface area contributed by atoms with Gasteiger partial charge >= 0.3 is 0 Å². The number of hydrogen-bond acceptors (Lipinski definition) is 1. The van der Waals surface area contributed by atoms with Crippen LogP contribution in [0.1, 0.15) is 64.1 Å². The summed E-state index contributed by atoms with van der Waals surface area (Å²) < 4.78 is 0. The topological polar surface area (TPSA) is 3.24 Å². The van der Waals surface area contributed by atoms with Crippen molar-refractivity contribution in [3.8, 4) is 0 Å². The lowest BCUT2D eigenvalue weighted by Crippen LogP contribution is -2.26. The number of benzene rings is 6. The highest BCUT2D eigenvalue weighted by molar-refractivity contribution is 5.92. The third-order valence-corrected chi connectivity index (χ3v) is 9.89. The van der Waals surface area contributed by atoms with E-state index < -0.39 is 0 Å². The molecular formula is C47H39N. The van der Waals surface area contributed by atoms with Crippen LogP contribution in [0.3, 0.4) is 0 Å². The summed E-state index contributed by atoms with van der Waals surface area (Å²) in [7, 11) is 0. The van der Waals surface area contributed by atoms with Gasteiger partial charge in [-0.25, -0.2) is 0 Å². The molecule has 1 aliphatic carbocycles. The van der Waals surface area contributed by atoms with Crippen LogP contribution in [-0.4, -0.2) is 6.04 Å². The van der Waals surface area contributed by atoms with Crippen molar-refractivity contribution in [2.45, 2.75) is 31.2 Å². The first-order valence-electron chi connectivity index (χ1n) is 17.2. The summed E-state index contributed by atoms with van der Waals surface area (Å²) in [6.45, 7) is 0. The number of rotatable bonds is 8. The second-order valence-corrected chi connectivity index (χ2v) is 12.8. The van der Waals surface area contributed by atoms with Crippen molar-refractivity contribution in [1.29, 1.82) is 0 Å². The summed E-state index contributed by atoms with van der Waals surface area (Å²) in [5, 5.41) is 0. The van der Waals surface area contributed by atoms with Gasteiger partial charge in [-0.2, -0.15) is 0 Å². The lowest BCUT2D eigenvalue weighted by Gasteiger charge is -2.27. The molecule has 1 fully saturated rings. The summed E-state index contributed by atoms with van der Waals surface area (Å²) in [5.41, 5.74) is 14.0. The maximum atomic E-state index is 2.62. The van der Waals surface area contributed by atoms with E-state index in [0.717, 1.165) is 0 Å². The molecule has 8 rings (SSSR count). The summed E-state index contributed by atoms with van der Waals surface area (Å²) in [6, 6.07) is 59.5. The molecule has 1 nitrogen and oxygen atoms in total. The molecule has 6 aromatic rings. The number of nitrogens with zero attached hydrogens (tertiary/aromatic N) is 1. The minimum atomic E-state index is 0.519. The Balaban J connectivity index is 1.08. The zero-order valence-electron chi connectivity index (χ0n) is 27.1. The Morgan fingerprint density at radius 1 is 0.521 bits per heavy atom.